The number of carbonyl (C=O) groups is 2. The van der Waals surface area contributed by atoms with Crippen LogP contribution in [0.3, 0.4) is 0 Å². The molecule has 0 unspecified atom stereocenters. The number of carboxylic acids is 1. The molecule has 226 valence electrons. The van der Waals surface area contributed by atoms with E-state index < -0.39 is 23.5 Å². The molecular formula is C28H32F4N6O3S. The Morgan fingerprint density at radius 2 is 1.76 bits per heavy atom. The van der Waals surface area contributed by atoms with Crippen LogP contribution in [0.15, 0.2) is 30.6 Å². The molecule has 1 fully saturated rings. The van der Waals surface area contributed by atoms with E-state index in [-0.39, 0.29) is 35.6 Å². The molecule has 1 N–H and O–H groups in total. The molecule has 1 aromatic carbocycles. The zero-order valence-electron chi connectivity index (χ0n) is 23.3. The average molecular weight is 609 g/mol. The number of thiazole rings is 1. The molecule has 0 spiro atoms. The van der Waals surface area contributed by atoms with Crippen LogP contribution in [0.1, 0.15) is 46.2 Å². The highest BCUT2D eigenvalue weighted by Gasteiger charge is 2.32. The number of aliphatic carboxylic acids is 1. The highest BCUT2D eigenvalue weighted by atomic mass is 32.1. The van der Waals surface area contributed by atoms with Crippen molar-refractivity contribution in [1.82, 2.24) is 24.8 Å². The van der Waals surface area contributed by atoms with Crippen LogP contribution in [0, 0.1) is 5.82 Å². The molecule has 0 aliphatic carbocycles. The number of ketones is 1. The van der Waals surface area contributed by atoms with Gasteiger partial charge in [-0.2, -0.15) is 13.2 Å². The SMILES string of the molecule is CCN(CC)Cc1sc(CC(=O)c2cnc(N3CCN(CCC(=O)O)CC3)cn2)nc1-c1cc(F)cc(C(F)(F)F)c1. The molecular weight excluding hydrogens is 576 g/mol. The molecule has 0 bridgehead atoms. The summed E-state index contributed by atoms with van der Waals surface area (Å²) in [5.41, 5.74) is -0.741. The fourth-order valence-corrected chi connectivity index (χ4v) is 5.79. The van der Waals surface area contributed by atoms with E-state index in [4.69, 9.17) is 5.11 Å². The van der Waals surface area contributed by atoms with Crippen LogP contribution in [0.2, 0.25) is 0 Å². The van der Waals surface area contributed by atoms with Gasteiger partial charge in [-0.25, -0.2) is 19.3 Å². The number of hydrogen-bond acceptors (Lipinski definition) is 9. The first-order valence-electron chi connectivity index (χ1n) is 13.6. The minimum Gasteiger partial charge on any atom is -0.481 e. The largest absolute Gasteiger partial charge is 0.481 e. The van der Waals surface area contributed by atoms with Gasteiger partial charge >= 0.3 is 12.1 Å². The van der Waals surface area contributed by atoms with E-state index >= 15 is 0 Å². The van der Waals surface area contributed by atoms with Crippen LogP contribution >= 0.6 is 11.3 Å². The molecule has 1 aliphatic heterocycles. The van der Waals surface area contributed by atoms with E-state index in [9.17, 15) is 27.2 Å². The topological polar surface area (TPSA) is 103 Å². The van der Waals surface area contributed by atoms with Crippen molar-refractivity contribution in [3.8, 4) is 11.3 Å². The predicted octanol–water partition coefficient (Wildman–Crippen LogP) is 4.62. The number of aromatic nitrogens is 3. The number of benzene rings is 1. The molecule has 0 radical (unpaired) electrons. The minimum atomic E-state index is -4.72. The Hall–Kier alpha value is -3.49. The lowest BCUT2D eigenvalue weighted by Gasteiger charge is -2.34. The molecule has 2 aromatic heterocycles. The summed E-state index contributed by atoms with van der Waals surface area (Å²) < 4.78 is 54.4. The van der Waals surface area contributed by atoms with Crippen molar-refractivity contribution < 1.29 is 32.3 Å². The quantitative estimate of drug-likeness (QED) is 0.233. The van der Waals surface area contributed by atoms with Crippen molar-refractivity contribution in [3.63, 3.8) is 0 Å². The second-order valence-electron chi connectivity index (χ2n) is 9.90. The molecule has 0 amide bonds. The summed E-state index contributed by atoms with van der Waals surface area (Å²) in [6.45, 7) is 8.85. The zero-order valence-corrected chi connectivity index (χ0v) is 24.1. The molecule has 3 heterocycles. The van der Waals surface area contributed by atoms with Crippen LogP contribution < -0.4 is 4.90 Å². The summed E-state index contributed by atoms with van der Waals surface area (Å²) in [5.74, 6) is -1.59. The monoisotopic (exact) mass is 608 g/mol. The molecule has 1 aliphatic rings. The predicted molar refractivity (Wildman–Crippen MR) is 150 cm³/mol. The van der Waals surface area contributed by atoms with Gasteiger partial charge in [0, 0.05) is 49.7 Å². The van der Waals surface area contributed by atoms with Gasteiger partial charge in [0.15, 0.2) is 5.78 Å². The lowest BCUT2D eigenvalue weighted by atomic mass is 10.1. The third kappa shape index (κ3) is 8.07. The summed E-state index contributed by atoms with van der Waals surface area (Å²) >= 11 is 1.21. The Morgan fingerprint density at radius 3 is 2.36 bits per heavy atom. The summed E-state index contributed by atoms with van der Waals surface area (Å²) in [7, 11) is 0. The van der Waals surface area contributed by atoms with Gasteiger partial charge in [0.2, 0.25) is 0 Å². The van der Waals surface area contributed by atoms with Gasteiger partial charge in [0.25, 0.3) is 0 Å². The Morgan fingerprint density at radius 1 is 1.05 bits per heavy atom. The second-order valence-corrected chi connectivity index (χ2v) is 11.1. The van der Waals surface area contributed by atoms with Gasteiger partial charge < -0.3 is 10.0 Å². The minimum absolute atomic E-state index is 0.00614. The number of carbonyl (C=O) groups excluding carboxylic acids is 1. The number of rotatable bonds is 12. The standard InChI is InChI=1S/C28H32F4N6O3S/c1-3-36(4-2)17-23-27(18-11-19(28(30,31)32)13-20(29)12-18)35-25(42-23)14-22(39)21-15-34-24(16-33-21)38-9-7-37(8-10-38)6-5-26(40)41/h11-13,15-16H,3-10,14,17H2,1-2H3,(H,40,41). The Balaban J connectivity index is 1.50. The molecule has 0 saturated carbocycles. The molecule has 1 saturated heterocycles. The number of hydrogen-bond donors (Lipinski definition) is 1. The van der Waals surface area contributed by atoms with Crippen molar-refractivity contribution in [1.29, 1.82) is 0 Å². The van der Waals surface area contributed by atoms with E-state index in [2.05, 4.69) is 24.8 Å². The smallest absolute Gasteiger partial charge is 0.416 e. The second kappa shape index (κ2) is 13.7. The summed E-state index contributed by atoms with van der Waals surface area (Å²) in [5, 5.41) is 9.25. The first-order valence-corrected chi connectivity index (χ1v) is 14.4. The van der Waals surface area contributed by atoms with Crippen molar-refractivity contribution in [2.45, 2.75) is 39.4 Å². The molecule has 9 nitrogen and oxygen atoms in total. The summed E-state index contributed by atoms with van der Waals surface area (Å²) in [4.78, 5) is 43.8. The van der Waals surface area contributed by atoms with Crippen molar-refractivity contribution in [2.75, 3.05) is 50.7 Å². The third-order valence-corrected chi connectivity index (χ3v) is 8.12. The van der Waals surface area contributed by atoms with E-state index in [0.717, 1.165) is 12.1 Å². The number of piperazine rings is 1. The van der Waals surface area contributed by atoms with Crippen LogP contribution in [-0.2, 0) is 23.9 Å². The first-order chi connectivity index (χ1) is 20.0. The van der Waals surface area contributed by atoms with Crippen LogP contribution in [0.5, 0.6) is 0 Å². The summed E-state index contributed by atoms with van der Waals surface area (Å²) in [6.07, 6.45) is -1.85. The number of carboxylic acid groups (broad SMARTS) is 1. The lowest BCUT2D eigenvalue weighted by molar-refractivity contribution is -0.138. The maximum atomic E-state index is 14.2. The first kappa shape index (κ1) is 31.4. The third-order valence-electron chi connectivity index (χ3n) is 7.08. The lowest BCUT2D eigenvalue weighted by Crippen LogP contribution is -2.47. The number of halogens is 4. The highest BCUT2D eigenvalue weighted by Crippen LogP contribution is 2.36. The number of alkyl halides is 3. The van der Waals surface area contributed by atoms with E-state index in [1.54, 1.807) is 0 Å². The number of Topliss-reactive ketones (excluding diaryl/α,β-unsaturated/α-hetero) is 1. The van der Waals surface area contributed by atoms with E-state index in [0.29, 0.717) is 74.1 Å². The van der Waals surface area contributed by atoms with Crippen molar-refractivity contribution >= 4 is 28.9 Å². The van der Waals surface area contributed by atoms with Crippen LogP contribution in [0.4, 0.5) is 23.4 Å². The Kier molecular flexibility index (Phi) is 10.2. The number of nitrogens with zero attached hydrogens (tertiary/aromatic N) is 6. The fraction of sp³-hybridized carbons (Fsp3) is 0.464. The molecule has 3 aromatic rings. The van der Waals surface area contributed by atoms with E-state index in [1.165, 1.54) is 23.7 Å². The fourth-order valence-electron chi connectivity index (χ4n) is 4.66. The van der Waals surface area contributed by atoms with Gasteiger partial charge in [0.1, 0.15) is 22.3 Å². The summed E-state index contributed by atoms with van der Waals surface area (Å²) in [6, 6.07) is 2.36. The van der Waals surface area contributed by atoms with Gasteiger partial charge in [0.05, 0.1) is 36.5 Å². The van der Waals surface area contributed by atoms with Gasteiger partial charge in [-0.15, -0.1) is 11.3 Å². The van der Waals surface area contributed by atoms with Crippen LogP contribution in [-0.4, -0.2) is 87.4 Å². The molecule has 0 atom stereocenters. The Labute approximate surface area is 244 Å². The Bertz CT molecular complexity index is 1390. The van der Waals surface area contributed by atoms with Gasteiger partial charge in [-0.1, -0.05) is 13.8 Å². The molecule has 42 heavy (non-hydrogen) atoms. The van der Waals surface area contributed by atoms with Gasteiger partial charge in [-0.05, 0) is 31.3 Å². The van der Waals surface area contributed by atoms with Crippen molar-refractivity contribution in [3.05, 3.63) is 57.6 Å². The normalized spacial score (nSPS) is 14.5. The number of anilines is 1. The average Bonchev–Trinajstić information content (AvgIpc) is 3.36. The maximum Gasteiger partial charge on any atom is 0.416 e. The maximum absolute atomic E-state index is 14.2. The van der Waals surface area contributed by atoms with E-state index in [1.807, 2.05) is 18.7 Å². The van der Waals surface area contributed by atoms with Gasteiger partial charge in [-0.3, -0.25) is 19.4 Å². The van der Waals surface area contributed by atoms with Crippen LogP contribution in [0.25, 0.3) is 11.3 Å². The molecule has 14 heteroatoms. The molecule has 4 rings (SSSR count). The van der Waals surface area contributed by atoms with Crippen molar-refractivity contribution in [2.24, 2.45) is 0 Å². The zero-order chi connectivity index (χ0) is 30.4. The highest BCUT2D eigenvalue weighted by molar-refractivity contribution is 7.12.